The molecule has 0 heterocycles. The number of phenols is 1. The van der Waals surface area contributed by atoms with Crippen LogP contribution in [0.15, 0.2) is 48.5 Å². The number of phenolic OH excluding ortho intramolecular Hbond substituents is 1. The van der Waals surface area contributed by atoms with E-state index in [2.05, 4.69) is 24.3 Å². The van der Waals surface area contributed by atoms with Gasteiger partial charge < -0.3 is 9.84 Å². The summed E-state index contributed by atoms with van der Waals surface area (Å²) in [5, 5.41) is 12.4. The van der Waals surface area contributed by atoms with Crippen LogP contribution in [0, 0.1) is 6.92 Å². The van der Waals surface area contributed by atoms with E-state index < -0.39 is 0 Å². The molecule has 0 amide bonds. The number of ether oxygens (including phenoxy) is 1. The van der Waals surface area contributed by atoms with Crippen LogP contribution in [0.5, 0.6) is 11.5 Å². The second kappa shape index (κ2) is 6.07. The van der Waals surface area contributed by atoms with Gasteiger partial charge in [-0.05, 0) is 23.3 Å². The predicted molar refractivity (Wildman–Crippen MR) is 91.1 cm³/mol. The molecule has 0 atom stereocenters. The summed E-state index contributed by atoms with van der Waals surface area (Å²) in [6.45, 7) is 2.41. The summed E-state index contributed by atoms with van der Waals surface area (Å²) in [6, 6.07) is 15.1. The molecular weight excluding hydrogens is 319 g/mol. The third kappa shape index (κ3) is 2.85. The first kappa shape index (κ1) is 15.0. The second-order valence-electron chi connectivity index (χ2n) is 5.11. The number of rotatable bonds is 3. The molecule has 0 aliphatic heterocycles. The van der Waals surface area contributed by atoms with Crippen molar-refractivity contribution in [2.75, 3.05) is 0 Å². The molecule has 0 saturated heterocycles. The Labute approximate surface area is 138 Å². The van der Waals surface area contributed by atoms with Crippen molar-refractivity contribution in [1.29, 1.82) is 0 Å². The lowest BCUT2D eigenvalue weighted by molar-refractivity contribution is 0.307. The maximum absolute atomic E-state index is 9.46. The third-order valence-corrected chi connectivity index (χ3v) is 4.18. The molecule has 1 N–H and O–H groups in total. The number of benzene rings is 3. The summed E-state index contributed by atoms with van der Waals surface area (Å²) < 4.78 is 5.82. The van der Waals surface area contributed by atoms with Crippen LogP contribution in [-0.4, -0.2) is 5.11 Å². The Morgan fingerprint density at radius 1 is 1.00 bits per heavy atom. The average Bonchev–Trinajstić information content (AvgIpc) is 2.48. The topological polar surface area (TPSA) is 29.5 Å². The molecule has 3 rings (SSSR count). The summed E-state index contributed by atoms with van der Waals surface area (Å²) in [5.41, 5.74) is 2.24. The van der Waals surface area contributed by atoms with E-state index in [0.717, 1.165) is 21.9 Å². The molecule has 2 nitrogen and oxygen atoms in total. The van der Waals surface area contributed by atoms with Crippen molar-refractivity contribution >= 4 is 34.0 Å². The summed E-state index contributed by atoms with van der Waals surface area (Å²) in [7, 11) is 0. The van der Waals surface area contributed by atoms with Crippen molar-refractivity contribution in [3.63, 3.8) is 0 Å². The van der Waals surface area contributed by atoms with Crippen LogP contribution in [0.2, 0.25) is 10.0 Å². The molecule has 3 aromatic carbocycles. The maximum Gasteiger partial charge on any atom is 0.157 e. The first-order valence-corrected chi connectivity index (χ1v) is 7.60. The molecule has 0 aliphatic rings. The van der Waals surface area contributed by atoms with Crippen molar-refractivity contribution < 1.29 is 9.84 Å². The first-order valence-electron chi connectivity index (χ1n) is 6.84. The van der Waals surface area contributed by atoms with Gasteiger partial charge in [-0.15, -0.1) is 0 Å². The van der Waals surface area contributed by atoms with E-state index in [9.17, 15) is 5.11 Å². The lowest BCUT2D eigenvalue weighted by Gasteiger charge is -2.14. The molecular formula is C18H14Cl2O2. The number of hydrogen-bond donors (Lipinski definition) is 1. The summed E-state index contributed by atoms with van der Waals surface area (Å²) in [6.07, 6.45) is 0. The minimum Gasteiger partial charge on any atom is -0.508 e. The summed E-state index contributed by atoms with van der Waals surface area (Å²) >= 11 is 12.2. The highest BCUT2D eigenvalue weighted by Gasteiger charge is 2.12. The largest absolute Gasteiger partial charge is 0.508 e. The highest BCUT2D eigenvalue weighted by molar-refractivity contribution is 6.37. The molecule has 0 unspecified atom stereocenters. The van der Waals surface area contributed by atoms with Crippen molar-refractivity contribution in [2.45, 2.75) is 13.5 Å². The van der Waals surface area contributed by atoms with E-state index >= 15 is 0 Å². The van der Waals surface area contributed by atoms with Crippen LogP contribution in [-0.2, 0) is 6.61 Å². The van der Waals surface area contributed by atoms with Crippen molar-refractivity contribution in [1.82, 2.24) is 0 Å². The molecule has 0 radical (unpaired) electrons. The second-order valence-corrected chi connectivity index (χ2v) is 5.92. The van der Waals surface area contributed by atoms with Crippen LogP contribution in [0.1, 0.15) is 11.1 Å². The zero-order valence-corrected chi connectivity index (χ0v) is 13.4. The Balaban J connectivity index is 1.97. The normalized spacial score (nSPS) is 10.9. The van der Waals surface area contributed by atoms with Gasteiger partial charge in [-0.2, -0.15) is 0 Å². The number of halogens is 2. The quantitative estimate of drug-likeness (QED) is 0.662. The first-order chi connectivity index (χ1) is 10.6. The van der Waals surface area contributed by atoms with Crippen LogP contribution < -0.4 is 4.74 Å². The number of aromatic hydroxyl groups is 1. The Morgan fingerprint density at radius 2 is 1.68 bits per heavy atom. The van der Waals surface area contributed by atoms with E-state index in [1.807, 2.05) is 19.1 Å². The third-order valence-electron chi connectivity index (χ3n) is 3.62. The predicted octanol–water partition coefficient (Wildman–Crippen LogP) is 5.74. The van der Waals surface area contributed by atoms with Gasteiger partial charge in [0.05, 0.1) is 10.0 Å². The van der Waals surface area contributed by atoms with Crippen LogP contribution in [0.25, 0.3) is 10.8 Å². The summed E-state index contributed by atoms with van der Waals surface area (Å²) in [4.78, 5) is 0. The van der Waals surface area contributed by atoms with E-state index in [4.69, 9.17) is 27.9 Å². The SMILES string of the molecule is Cc1ccc2ccccc2c1COc1c(Cl)cc(O)cc1Cl. The van der Waals surface area contributed by atoms with Crippen LogP contribution in [0.3, 0.4) is 0 Å². The van der Waals surface area contributed by atoms with Gasteiger partial charge in [0.15, 0.2) is 5.75 Å². The van der Waals surface area contributed by atoms with Gasteiger partial charge in [0.2, 0.25) is 0 Å². The van der Waals surface area contributed by atoms with E-state index in [1.165, 1.54) is 12.1 Å². The Bertz CT molecular complexity index is 821. The molecule has 0 saturated carbocycles. The van der Waals surface area contributed by atoms with E-state index in [1.54, 1.807) is 0 Å². The molecule has 4 heteroatoms. The monoisotopic (exact) mass is 332 g/mol. The average molecular weight is 333 g/mol. The number of hydrogen-bond acceptors (Lipinski definition) is 2. The lowest BCUT2D eigenvalue weighted by atomic mass is 10.0. The minimum absolute atomic E-state index is 0.0173. The van der Waals surface area contributed by atoms with Crippen LogP contribution in [0.4, 0.5) is 0 Å². The molecule has 0 spiro atoms. The maximum atomic E-state index is 9.46. The minimum atomic E-state index is 0.0173. The van der Waals surface area contributed by atoms with Gasteiger partial charge in [0.25, 0.3) is 0 Å². The van der Waals surface area contributed by atoms with Crippen molar-refractivity contribution in [3.8, 4) is 11.5 Å². The molecule has 0 aromatic heterocycles. The van der Waals surface area contributed by atoms with Gasteiger partial charge in [-0.1, -0.05) is 59.6 Å². The number of aryl methyl sites for hydroxylation is 1. The zero-order valence-electron chi connectivity index (χ0n) is 11.9. The van der Waals surface area contributed by atoms with Gasteiger partial charge in [-0.3, -0.25) is 0 Å². The fourth-order valence-corrected chi connectivity index (χ4v) is 3.05. The van der Waals surface area contributed by atoms with Crippen molar-refractivity contribution in [3.05, 3.63) is 69.7 Å². The highest BCUT2D eigenvalue weighted by Crippen LogP contribution is 2.37. The molecule has 0 bridgehead atoms. The molecule has 0 aliphatic carbocycles. The van der Waals surface area contributed by atoms with E-state index in [0.29, 0.717) is 22.4 Å². The lowest BCUT2D eigenvalue weighted by Crippen LogP contribution is -2.00. The Morgan fingerprint density at radius 3 is 2.41 bits per heavy atom. The molecule has 3 aromatic rings. The molecule has 112 valence electrons. The molecule has 22 heavy (non-hydrogen) atoms. The standard InChI is InChI=1S/C18H14Cl2O2/c1-11-6-7-12-4-2-3-5-14(12)15(11)10-22-18-16(19)8-13(21)9-17(18)20/h2-9,21H,10H2,1H3. The van der Waals surface area contributed by atoms with Crippen molar-refractivity contribution in [2.24, 2.45) is 0 Å². The molecule has 0 fully saturated rings. The Hall–Kier alpha value is -1.90. The zero-order chi connectivity index (χ0) is 15.7. The number of fused-ring (bicyclic) bond motifs is 1. The highest BCUT2D eigenvalue weighted by atomic mass is 35.5. The van der Waals surface area contributed by atoms with Gasteiger partial charge in [0.1, 0.15) is 12.4 Å². The Kier molecular flexibility index (Phi) is 4.14. The fourth-order valence-electron chi connectivity index (χ4n) is 2.47. The van der Waals surface area contributed by atoms with Gasteiger partial charge >= 0.3 is 0 Å². The van der Waals surface area contributed by atoms with E-state index in [-0.39, 0.29) is 5.75 Å². The fraction of sp³-hybridized carbons (Fsp3) is 0.111. The smallest absolute Gasteiger partial charge is 0.157 e. The van der Waals surface area contributed by atoms with Gasteiger partial charge in [0, 0.05) is 17.7 Å². The van der Waals surface area contributed by atoms with Crippen LogP contribution >= 0.6 is 23.2 Å². The summed E-state index contributed by atoms with van der Waals surface area (Å²) in [5.74, 6) is 0.400. The van der Waals surface area contributed by atoms with Gasteiger partial charge in [-0.25, -0.2) is 0 Å².